The smallest absolute Gasteiger partial charge is 0.336 e. The second-order valence-electron chi connectivity index (χ2n) is 5.86. The van der Waals surface area contributed by atoms with Crippen molar-refractivity contribution >= 4 is 22.6 Å². The number of ether oxygens (including phenoxy) is 1. The Kier molecular flexibility index (Phi) is 5.02. The third-order valence-corrected chi connectivity index (χ3v) is 3.98. The van der Waals surface area contributed by atoms with Crippen LogP contribution in [0, 0.1) is 5.82 Å². The van der Waals surface area contributed by atoms with Crippen LogP contribution in [0.25, 0.3) is 11.0 Å². The summed E-state index contributed by atoms with van der Waals surface area (Å²) < 4.78 is 23.8. The second-order valence-corrected chi connectivity index (χ2v) is 5.86. The highest BCUT2D eigenvalue weighted by atomic mass is 19.1. The molecule has 6 heteroatoms. The molecule has 0 fully saturated rings. The summed E-state index contributed by atoms with van der Waals surface area (Å²) in [4.78, 5) is 23.9. The molecule has 0 unspecified atom stereocenters. The Morgan fingerprint density at radius 3 is 2.62 bits per heavy atom. The monoisotopic (exact) mass is 355 g/mol. The molecular formula is C20H18FNO4. The number of fused-ring (bicyclic) bond motifs is 1. The number of carbonyl (C=O) groups is 1. The highest BCUT2D eigenvalue weighted by Crippen LogP contribution is 2.24. The molecule has 26 heavy (non-hydrogen) atoms. The number of hydrogen-bond donors (Lipinski definition) is 1. The van der Waals surface area contributed by atoms with Crippen molar-refractivity contribution < 1.29 is 18.3 Å². The van der Waals surface area contributed by atoms with Crippen molar-refractivity contribution in [3.63, 3.8) is 0 Å². The Morgan fingerprint density at radius 2 is 1.92 bits per heavy atom. The van der Waals surface area contributed by atoms with Gasteiger partial charge in [-0.15, -0.1) is 0 Å². The van der Waals surface area contributed by atoms with Gasteiger partial charge in [-0.3, -0.25) is 4.79 Å². The maximum atomic E-state index is 12.9. The average molecular weight is 355 g/mol. The van der Waals surface area contributed by atoms with E-state index in [0.29, 0.717) is 23.4 Å². The number of rotatable bonds is 5. The predicted molar refractivity (Wildman–Crippen MR) is 97.0 cm³/mol. The Balaban J connectivity index is 1.76. The third kappa shape index (κ3) is 3.91. The number of aryl methyl sites for hydroxylation is 1. The molecule has 1 heterocycles. The van der Waals surface area contributed by atoms with Crippen LogP contribution in [0.3, 0.4) is 0 Å². The van der Waals surface area contributed by atoms with Gasteiger partial charge in [0.05, 0.1) is 0 Å². The molecule has 134 valence electrons. The summed E-state index contributed by atoms with van der Waals surface area (Å²) in [5.74, 6) is -0.340. The van der Waals surface area contributed by atoms with Gasteiger partial charge in [0.2, 0.25) is 0 Å². The van der Waals surface area contributed by atoms with E-state index >= 15 is 0 Å². The lowest BCUT2D eigenvalue weighted by atomic mass is 10.1. The summed E-state index contributed by atoms with van der Waals surface area (Å²) >= 11 is 0. The molecule has 3 rings (SSSR count). The number of nitrogens with one attached hydrogen (secondary N) is 1. The normalized spacial score (nSPS) is 12.0. The minimum Gasteiger partial charge on any atom is -0.481 e. The Hall–Kier alpha value is -3.15. The predicted octanol–water partition coefficient (Wildman–Crippen LogP) is 3.90. The Labute approximate surface area is 149 Å². The van der Waals surface area contributed by atoms with Crippen LogP contribution in [-0.2, 0) is 11.2 Å². The molecule has 0 saturated carbocycles. The molecule has 3 aromatic rings. The molecule has 1 atom stereocenters. The van der Waals surface area contributed by atoms with Crippen LogP contribution in [0.2, 0.25) is 0 Å². The highest BCUT2D eigenvalue weighted by molar-refractivity contribution is 5.94. The van der Waals surface area contributed by atoms with Crippen molar-refractivity contribution in [2.45, 2.75) is 26.4 Å². The number of hydrogen-bond acceptors (Lipinski definition) is 4. The van der Waals surface area contributed by atoms with Crippen LogP contribution in [0.15, 0.2) is 57.7 Å². The molecule has 1 amide bonds. The lowest BCUT2D eigenvalue weighted by Crippen LogP contribution is -2.30. The fraction of sp³-hybridized carbons (Fsp3) is 0.200. The van der Waals surface area contributed by atoms with Crippen LogP contribution >= 0.6 is 0 Å². The zero-order chi connectivity index (χ0) is 18.7. The van der Waals surface area contributed by atoms with Crippen molar-refractivity contribution in [3.05, 3.63) is 70.3 Å². The molecule has 2 aromatic carbocycles. The van der Waals surface area contributed by atoms with Crippen LogP contribution in [0.4, 0.5) is 10.1 Å². The number of carbonyl (C=O) groups excluding carboxylic acids is 1. The van der Waals surface area contributed by atoms with E-state index in [0.717, 1.165) is 10.9 Å². The fourth-order valence-electron chi connectivity index (χ4n) is 2.61. The van der Waals surface area contributed by atoms with Gasteiger partial charge in [-0.1, -0.05) is 6.92 Å². The van der Waals surface area contributed by atoms with Crippen LogP contribution < -0.4 is 15.7 Å². The highest BCUT2D eigenvalue weighted by Gasteiger charge is 2.16. The third-order valence-electron chi connectivity index (χ3n) is 3.98. The first-order valence-corrected chi connectivity index (χ1v) is 8.26. The van der Waals surface area contributed by atoms with Gasteiger partial charge in [-0.2, -0.15) is 0 Å². The second kappa shape index (κ2) is 7.39. The molecule has 0 bridgehead atoms. The van der Waals surface area contributed by atoms with E-state index < -0.39 is 11.7 Å². The number of halogens is 1. The number of anilines is 1. The van der Waals surface area contributed by atoms with Gasteiger partial charge in [0.25, 0.3) is 5.91 Å². The SMILES string of the molecule is CCc1cc(=O)oc2cc(O[C@@H](C)C(=O)Nc3ccc(F)cc3)ccc12. The maximum Gasteiger partial charge on any atom is 0.336 e. The lowest BCUT2D eigenvalue weighted by molar-refractivity contribution is -0.122. The van der Waals surface area contributed by atoms with Crippen molar-refractivity contribution in [1.29, 1.82) is 0 Å². The summed E-state index contributed by atoms with van der Waals surface area (Å²) in [6, 6.07) is 12.1. The molecule has 0 spiro atoms. The van der Waals surface area contributed by atoms with Gasteiger partial charge in [0, 0.05) is 23.2 Å². The van der Waals surface area contributed by atoms with Crippen molar-refractivity contribution in [2.75, 3.05) is 5.32 Å². The summed E-state index contributed by atoms with van der Waals surface area (Å²) in [7, 11) is 0. The standard InChI is InChI=1S/C20H18FNO4/c1-3-13-10-19(23)26-18-11-16(8-9-17(13)18)25-12(2)20(24)22-15-6-4-14(21)5-7-15/h4-12H,3H2,1-2H3,(H,22,24)/t12-/m0/s1. The van der Waals surface area contributed by atoms with Gasteiger partial charge < -0.3 is 14.5 Å². The zero-order valence-electron chi connectivity index (χ0n) is 14.4. The largest absolute Gasteiger partial charge is 0.481 e. The molecule has 0 aliphatic rings. The van der Waals surface area contributed by atoms with E-state index in [1.54, 1.807) is 25.1 Å². The minimum atomic E-state index is -0.793. The summed E-state index contributed by atoms with van der Waals surface area (Å²) in [5.41, 5.74) is 1.36. The molecular weight excluding hydrogens is 337 g/mol. The minimum absolute atomic E-state index is 0.375. The first kappa shape index (κ1) is 17.7. The van der Waals surface area contributed by atoms with E-state index in [2.05, 4.69) is 5.32 Å². The van der Waals surface area contributed by atoms with E-state index in [-0.39, 0.29) is 11.7 Å². The van der Waals surface area contributed by atoms with E-state index in [9.17, 15) is 14.0 Å². The van der Waals surface area contributed by atoms with Gasteiger partial charge in [-0.05, 0) is 55.3 Å². The van der Waals surface area contributed by atoms with Crippen LogP contribution in [0.5, 0.6) is 5.75 Å². The van der Waals surface area contributed by atoms with Crippen molar-refractivity contribution in [2.24, 2.45) is 0 Å². The van der Waals surface area contributed by atoms with Gasteiger partial charge in [0.15, 0.2) is 6.10 Å². The quantitative estimate of drug-likeness (QED) is 0.705. The molecule has 0 aliphatic carbocycles. The summed E-state index contributed by atoms with van der Waals surface area (Å²) in [6.45, 7) is 3.56. The Morgan fingerprint density at radius 1 is 1.19 bits per heavy atom. The van der Waals surface area contributed by atoms with Gasteiger partial charge in [0.1, 0.15) is 17.1 Å². The van der Waals surface area contributed by atoms with Gasteiger partial charge >= 0.3 is 5.63 Å². The topological polar surface area (TPSA) is 68.5 Å². The molecule has 0 saturated heterocycles. The number of benzene rings is 2. The number of amides is 1. The molecule has 1 N–H and O–H groups in total. The molecule has 0 aliphatic heterocycles. The first-order valence-electron chi connectivity index (χ1n) is 8.26. The van der Waals surface area contributed by atoms with E-state index in [4.69, 9.17) is 9.15 Å². The summed E-state index contributed by atoms with van der Waals surface area (Å²) in [6.07, 6.45) is -0.0859. The van der Waals surface area contributed by atoms with E-state index in [1.165, 1.54) is 30.3 Å². The Bertz CT molecular complexity index is 995. The zero-order valence-corrected chi connectivity index (χ0v) is 14.4. The fourth-order valence-corrected chi connectivity index (χ4v) is 2.61. The van der Waals surface area contributed by atoms with Crippen molar-refractivity contribution in [1.82, 2.24) is 0 Å². The van der Waals surface area contributed by atoms with Crippen LogP contribution in [-0.4, -0.2) is 12.0 Å². The molecule has 1 aromatic heterocycles. The molecule has 0 radical (unpaired) electrons. The molecule has 5 nitrogen and oxygen atoms in total. The average Bonchev–Trinajstić information content (AvgIpc) is 2.62. The maximum absolute atomic E-state index is 12.9. The lowest BCUT2D eigenvalue weighted by Gasteiger charge is -2.15. The first-order chi connectivity index (χ1) is 12.5. The van der Waals surface area contributed by atoms with Crippen LogP contribution in [0.1, 0.15) is 19.4 Å². The summed E-state index contributed by atoms with van der Waals surface area (Å²) in [5, 5.41) is 3.49. The van der Waals surface area contributed by atoms with Crippen molar-refractivity contribution in [3.8, 4) is 5.75 Å². The van der Waals surface area contributed by atoms with Gasteiger partial charge in [-0.25, -0.2) is 9.18 Å². The van der Waals surface area contributed by atoms with E-state index in [1.807, 2.05) is 6.92 Å².